The van der Waals surface area contributed by atoms with E-state index in [1.807, 2.05) is 37.3 Å². The zero-order valence-corrected chi connectivity index (χ0v) is 13.3. The largest absolute Gasteiger partial charge is 0.325 e. The third kappa shape index (κ3) is 3.78. The number of aromatic amines is 1. The predicted octanol–water partition coefficient (Wildman–Crippen LogP) is 2.96. The molecule has 5 nitrogen and oxygen atoms in total. The molecule has 0 aliphatic carbocycles. The van der Waals surface area contributed by atoms with Gasteiger partial charge in [-0.1, -0.05) is 36.0 Å². The maximum atomic E-state index is 12.0. The van der Waals surface area contributed by atoms with Gasteiger partial charge in [-0.05, 0) is 36.8 Å². The van der Waals surface area contributed by atoms with Crippen molar-refractivity contribution in [2.75, 3.05) is 11.1 Å². The van der Waals surface area contributed by atoms with Crippen molar-refractivity contribution in [2.45, 2.75) is 12.1 Å². The van der Waals surface area contributed by atoms with Gasteiger partial charge in [0, 0.05) is 5.69 Å². The molecule has 0 spiro atoms. The minimum absolute atomic E-state index is 0.142. The number of thioether (sulfide) groups is 1. The Labute approximate surface area is 137 Å². The van der Waals surface area contributed by atoms with E-state index in [2.05, 4.69) is 15.3 Å². The van der Waals surface area contributed by atoms with Crippen molar-refractivity contribution in [3.8, 4) is 0 Å². The predicted molar refractivity (Wildman–Crippen MR) is 92.9 cm³/mol. The summed E-state index contributed by atoms with van der Waals surface area (Å²) in [5, 5.41) is 3.81. The first-order chi connectivity index (χ1) is 11.1. The number of nitrogens with one attached hydrogen (secondary N) is 2. The van der Waals surface area contributed by atoms with E-state index in [0.717, 1.165) is 11.3 Å². The lowest BCUT2D eigenvalue weighted by atomic mass is 10.2. The summed E-state index contributed by atoms with van der Waals surface area (Å²) in [7, 11) is 0. The molecule has 6 heteroatoms. The molecule has 23 heavy (non-hydrogen) atoms. The van der Waals surface area contributed by atoms with Crippen molar-refractivity contribution < 1.29 is 4.79 Å². The Kier molecular flexibility index (Phi) is 4.43. The molecule has 1 aromatic heterocycles. The summed E-state index contributed by atoms with van der Waals surface area (Å²) in [5.74, 6) is 0.0336. The van der Waals surface area contributed by atoms with E-state index in [1.165, 1.54) is 11.8 Å². The first-order valence-electron chi connectivity index (χ1n) is 7.10. The Bertz CT molecular complexity index is 921. The summed E-state index contributed by atoms with van der Waals surface area (Å²) >= 11 is 1.20. The molecular weight excluding hydrogens is 310 g/mol. The van der Waals surface area contributed by atoms with Gasteiger partial charge in [0.15, 0.2) is 5.16 Å². The summed E-state index contributed by atoms with van der Waals surface area (Å²) in [5.41, 5.74) is 2.27. The van der Waals surface area contributed by atoms with Crippen LogP contribution < -0.4 is 10.9 Å². The molecule has 0 aliphatic rings. The molecule has 0 unspecified atom stereocenters. The summed E-state index contributed by atoms with van der Waals surface area (Å²) in [4.78, 5) is 31.0. The van der Waals surface area contributed by atoms with Crippen LogP contribution in [-0.4, -0.2) is 21.6 Å². The fraction of sp³-hybridized carbons (Fsp3) is 0.118. The van der Waals surface area contributed by atoms with Gasteiger partial charge in [0.1, 0.15) is 0 Å². The molecule has 1 amide bonds. The molecule has 2 N–H and O–H groups in total. The van der Waals surface area contributed by atoms with E-state index >= 15 is 0 Å². The van der Waals surface area contributed by atoms with Crippen LogP contribution in [0.15, 0.2) is 58.5 Å². The highest BCUT2D eigenvalue weighted by atomic mass is 32.2. The molecular formula is C17H15N3O2S. The third-order valence-corrected chi connectivity index (χ3v) is 4.11. The van der Waals surface area contributed by atoms with Gasteiger partial charge in [-0.15, -0.1) is 0 Å². The van der Waals surface area contributed by atoms with Crippen molar-refractivity contribution in [2.24, 2.45) is 0 Å². The second kappa shape index (κ2) is 6.66. The lowest BCUT2D eigenvalue weighted by molar-refractivity contribution is -0.113. The molecule has 2 aromatic carbocycles. The van der Waals surface area contributed by atoms with Crippen LogP contribution >= 0.6 is 11.8 Å². The van der Waals surface area contributed by atoms with Crippen molar-refractivity contribution >= 4 is 34.3 Å². The highest BCUT2D eigenvalue weighted by Gasteiger charge is 2.07. The second-order valence-corrected chi connectivity index (χ2v) is 6.06. The number of benzene rings is 2. The molecule has 0 aliphatic heterocycles. The SMILES string of the molecule is Cc1cccc(NC(=O)CSc2nc3ccccc3c(=O)[nH]2)c1. The lowest BCUT2D eigenvalue weighted by Gasteiger charge is -2.06. The van der Waals surface area contributed by atoms with Gasteiger partial charge in [-0.3, -0.25) is 9.59 Å². The number of hydrogen-bond donors (Lipinski definition) is 2. The average Bonchev–Trinajstić information content (AvgIpc) is 2.53. The fourth-order valence-electron chi connectivity index (χ4n) is 2.19. The van der Waals surface area contributed by atoms with Gasteiger partial charge >= 0.3 is 0 Å². The Morgan fingerprint density at radius 2 is 2.04 bits per heavy atom. The molecule has 0 saturated heterocycles. The lowest BCUT2D eigenvalue weighted by Crippen LogP contribution is -2.15. The number of aromatic nitrogens is 2. The van der Waals surface area contributed by atoms with Gasteiger partial charge in [-0.25, -0.2) is 4.98 Å². The van der Waals surface area contributed by atoms with Crippen LogP contribution in [-0.2, 0) is 4.79 Å². The van der Waals surface area contributed by atoms with Crippen LogP contribution in [0.5, 0.6) is 0 Å². The molecule has 0 saturated carbocycles. The number of hydrogen-bond acceptors (Lipinski definition) is 4. The zero-order chi connectivity index (χ0) is 16.2. The number of rotatable bonds is 4. The number of nitrogens with zero attached hydrogens (tertiary/aromatic N) is 1. The number of carbonyl (C=O) groups excluding carboxylic acids is 1. The number of H-pyrrole nitrogens is 1. The van der Waals surface area contributed by atoms with Crippen LogP contribution in [0.4, 0.5) is 5.69 Å². The normalized spacial score (nSPS) is 10.7. The highest BCUT2D eigenvalue weighted by molar-refractivity contribution is 7.99. The average molecular weight is 325 g/mol. The standard InChI is InChI=1S/C17H15N3O2S/c1-11-5-4-6-12(9-11)18-15(21)10-23-17-19-14-8-3-2-7-13(14)16(22)20-17/h2-9H,10H2,1H3,(H,18,21)(H,19,20,22). The van der Waals surface area contributed by atoms with Crippen molar-refractivity contribution in [3.05, 3.63) is 64.4 Å². The number of fused-ring (bicyclic) bond motifs is 1. The maximum absolute atomic E-state index is 12.0. The van der Waals surface area contributed by atoms with E-state index in [9.17, 15) is 9.59 Å². The zero-order valence-electron chi connectivity index (χ0n) is 12.5. The van der Waals surface area contributed by atoms with Crippen molar-refractivity contribution in [1.82, 2.24) is 9.97 Å². The molecule has 1 heterocycles. The highest BCUT2D eigenvalue weighted by Crippen LogP contribution is 2.16. The molecule has 0 bridgehead atoms. The topological polar surface area (TPSA) is 74.8 Å². The van der Waals surface area contributed by atoms with Crippen LogP contribution in [0, 0.1) is 6.92 Å². The maximum Gasteiger partial charge on any atom is 0.259 e. The number of para-hydroxylation sites is 1. The summed E-state index contributed by atoms with van der Waals surface area (Å²) < 4.78 is 0. The van der Waals surface area contributed by atoms with Crippen LogP contribution in [0.1, 0.15) is 5.56 Å². The van der Waals surface area contributed by atoms with Crippen molar-refractivity contribution in [3.63, 3.8) is 0 Å². The van der Waals surface area contributed by atoms with E-state index < -0.39 is 0 Å². The van der Waals surface area contributed by atoms with Gasteiger partial charge in [0.25, 0.3) is 5.56 Å². The number of amides is 1. The first kappa shape index (κ1) is 15.3. The Balaban J connectivity index is 1.68. The van der Waals surface area contributed by atoms with E-state index in [-0.39, 0.29) is 17.2 Å². The minimum Gasteiger partial charge on any atom is -0.325 e. The Morgan fingerprint density at radius 1 is 1.22 bits per heavy atom. The smallest absolute Gasteiger partial charge is 0.259 e. The van der Waals surface area contributed by atoms with Crippen LogP contribution in [0.2, 0.25) is 0 Å². The summed E-state index contributed by atoms with van der Waals surface area (Å²) in [6.07, 6.45) is 0. The number of aryl methyl sites for hydroxylation is 1. The number of anilines is 1. The van der Waals surface area contributed by atoms with E-state index in [4.69, 9.17) is 0 Å². The number of carbonyl (C=O) groups is 1. The quantitative estimate of drug-likeness (QED) is 0.571. The fourth-order valence-corrected chi connectivity index (χ4v) is 2.85. The van der Waals surface area contributed by atoms with Gasteiger partial charge in [-0.2, -0.15) is 0 Å². The molecule has 3 rings (SSSR count). The monoisotopic (exact) mass is 325 g/mol. The molecule has 116 valence electrons. The third-order valence-electron chi connectivity index (χ3n) is 3.23. The van der Waals surface area contributed by atoms with E-state index in [0.29, 0.717) is 16.1 Å². The summed E-state index contributed by atoms with van der Waals surface area (Å²) in [6, 6.07) is 14.7. The Morgan fingerprint density at radius 3 is 2.87 bits per heavy atom. The van der Waals surface area contributed by atoms with Gasteiger partial charge in [0.05, 0.1) is 16.7 Å². The molecule has 0 fully saturated rings. The van der Waals surface area contributed by atoms with Crippen LogP contribution in [0.3, 0.4) is 0 Å². The van der Waals surface area contributed by atoms with Gasteiger partial charge < -0.3 is 10.3 Å². The Hall–Kier alpha value is -2.60. The molecule has 0 radical (unpaired) electrons. The minimum atomic E-state index is -0.197. The molecule has 0 atom stereocenters. The first-order valence-corrected chi connectivity index (χ1v) is 8.09. The molecule has 3 aromatic rings. The van der Waals surface area contributed by atoms with E-state index in [1.54, 1.807) is 18.2 Å². The van der Waals surface area contributed by atoms with Crippen molar-refractivity contribution in [1.29, 1.82) is 0 Å². The van der Waals surface area contributed by atoms with Crippen LogP contribution in [0.25, 0.3) is 10.9 Å². The second-order valence-electron chi connectivity index (χ2n) is 5.09. The van der Waals surface area contributed by atoms with Gasteiger partial charge in [0.2, 0.25) is 5.91 Å². The summed E-state index contributed by atoms with van der Waals surface area (Å²) in [6.45, 7) is 1.97.